The fraction of sp³-hybridized carbons (Fsp3) is 0.227. The Balaban J connectivity index is 1.50. The van der Waals surface area contributed by atoms with E-state index >= 15 is 0 Å². The van der Waals surface area contributed by atoms with Crippen LogP contribution in [0.25, 0.3) is 5.69 Å². The summed E-state index contributed by atoms with van der Waals surface area (Å²) in [5.74, 6) is -2.13. The number of nitrogens with zero attached hydrogens (tertiary/aromatic N) is 2. The first kappa shape index (κ1) is 19.8. The molecule has 4 rings (SSSR count). The highest BCUT2D eigenvalue weighted by Crippen LogP contribution is 2.27. The van der Waals surface area contributed by atoms with Crippen molar-refractivity contribution >= 4 is 17.6 Å². The summed E-state index contributed by atoms with van der Waals surface area (Å²) < 4.78 is 33.3. The van der Waals surface area contributed by atoms with Crippen LogP contribution < -0.4 is 5.32 Å². The predicted octanol–water partition coefficient (Wildman–Crippen LogP) is 3.82. The van der Waals surface area contributed by atoms with Gasteiger partial charge in [0, 0.05) is 16.9 Å². The number of nitrogens with one attached hydrogen (secondary N) is 1. The number of benzene rings is 2. The molecule has 1 aliphatic carbocycles. The lowest BCUT2D eigenvalue weighted by Gasteiger charge is -2.14. The third-order valence-corrected chi connectivity index (χ3v) is 4.89. The van der Waals surface area contributed by atoms with Gasteiger partial charge in [0.1, 0.15) is 11.6 Å². The SMILES string of the molecule is O=C(COC(=O)c1nn(-c2ccc(F)cc2)c2c1CCCC2)Nc1cccc(F)c1. The number of fused-ring (bicyclic) bond motifs is 1. The molecule has 1 N–H and O–H groups in total. The Morgan fingerprint density at radius 2 is 1.80 bits per heavy atom. The van der Waals surface area contributed by atoms with Crippen molar-refractivity contribution in [1.82, 2.24) is 9.78 Å². The van der Waals surface area contributed by atoms with E-state index in [1.54, 1.807) is 16.8 Å². The van der Waals surface area contributed by atoms with Gasteiger partial charge in [0.05, 0.1) is 5.69 Å². The molecule has 0 atom stereocenters. The highest BCUT2D eigenvalue weighted by molar-refractivity contribution is 5.95. The van der Waals surface area contributed by atoms with Crippen LogP contribution in [0.2, 0.25) is 0 Å². The van der Waals surface area contributed by atoms with E-state index in [1.807, 2.05) is 0 Å². The number of anilines is 1. The maximum absolute atomic E-state index is 13.3. The van der Waals surface area contributed by atoms with Gasteiger partial charge in [0.15, 0.2) is 12.3 Å². The molecule has 2 aromatic carbocycles. The highest BCUT2D eigenvalue weighted by atomic mass is 19.1. The number of hydrogen-bond acceptors (Lipinski definition) is 4. The first-order valence-electron chi connectivity index (χ1n) is 9.60. The monoisotopic (exact) mass is 411 g/mol. The number of ether oxygens (including phenoxy) is 1. The van der Waals surface area contributed by atoms with Crippen LogP contribution in [0.5, 0.6) is 0 Å². The van der Waals surface area contributed by atoms with E-state index in [1.165, 1.54) is 36.4 Å². The van der Waals surface area contributed by atoms with Crippen molar-refractivity contribution in [3.63, 3.8) is 0 Å². The van der Waals surface area contributed by atoms with Gasteiger partial charge in [-0.3, -0.25) is 4.79 Å². The van der Waals surface area contributed by atoms with Crippen LogP contribution in [0, 0.1) is 11.6 Å². The van der Waals surface area contributed by atoms with Crippen LogP contribution in [0.4, 0.5) is 14.5 Å². The van der Waals surface area contributed by atoms with Gasteiger partial charge >= 0.3 is 5.97 Å². The summed E-state index contributed by atoms with van der Waals surface area (Å²) in [7, 11) is 0. The van der Waals surface area contributed by atoms with E-state index < -0.39 is 24.3 Å². The molecule has 1 aromatic heterocycles. The normalized spacial score (nSPS) is 12.9. The summed E-state index contributed by atoms with van der Waals surface area (Å²) in [4.78, 5) is 24.7. The molecule has 1 heterocycles. The average molecular weight is 411 g/mol. The topological polar surface area (TPSA) is 73.2 Å². The summed E-state index contributed by atoms with van der Waals surface area (Å²) in [6, 6.07) is 11.3. The Morgan fingerprint density at radius 1 is 1.03 bits per heavy atom. The second-order valence-electron chi connectivity index (χ2n) is 7.00. The molecule has 30 heavy (non-hydrogen) atoms. The number of rotatable bonds is 5. The molecule has 0 bridgehead atoms. The number of esters is 1. The summed E-state index contributed by atoms with van der Waals surface area (Å²) >= 11 is 0. The first-order valence-corrected chi connectivity index (χ1v) is 9.60. The van der Waals surface area contributed by atoms with Gasteiger partial charge < -0.3 is 10.1 Å². The fourth-order valence-corrected chi connectivity index (χ4v) is 3.52. The Bertz CT molecular complexity index is 1090. The molecule has 1 aliphatic rings. The van der Waals surface area contributed by atoms with E-state index in [0.717, 1.165) is 30.5 Å². The minimum Gasteiger partial charge on any atom is -0.451 e. The zero-order valence-electron chi connectivity index (χ0n) is 16.0. The van der Waals surface area contributed by atoms with Gasteiger partial charge in [-0.2, -0.15) is 5.10 Å². The minimum atomic E-state index is -0.705. The zero-order valence-corrected chi connectivity index (χ0v) is 16.0. The van der Waals surface area contributed by atoms with Crippen LogP contribution in [0.3, 0.4) is 0 Å². The first-order chi connectivity index (χ1) is 14.5. The minimum absolute atomic E-state index is 0.160. The fourth-order valence-electron chi connectivity index (χ4n) is 3.52. The standard InChI is InChI=1S/C22H19F2N3O3/c23-14-8-10-17(11-9-14)27-19-7-2-1-6-18(19)21(26-27)22(29)30-13-20(28)25-16-5-3-4-15(24)12-16/h3-5,8-12H,1-2,6-7,13H2,(H,25,28). The van der Waals surface area contributed by atoms with Gasteiger partial charge in [0.2, 0.25) is 0 Å². The summed E-state index contributed by atoms with van der Waals surface area (Å²) in [5.41, 5.74) is 2.77. The van der Waals surface area contributed by atoms with E-state index in [-0.39, 0.29) is 17.2 Å². The van der Waals surface area contributed by atoms with Crippen molar-refractivity contribution in [3.05, 3.63) is 77.1 Å². The molecule has 0 spiro atoms. The molecular formula is C22H19F2N3O3. The smallest absolute Gasteiger partial charge is 0.359 e. The van der Waals surface area contributed by atoms with Gasteiger partial charge in [-0.15, -0.1) is 0 Å². The molecule has 0 fully saturated rings. The number of hydrogen-bond donors (Lipinski definition) is 1. The van der Waals surface area contributed by atoms with Gasteiger partial charge in [0.25, 0.3) is 5.91 Å². The zero-order chi connectivity index (χ0) is 21.1. The Labute approximate surface area is 171 Å². The van der Waals surface area contributed by atoms with Gasteiger partial charge in [-0.25, -0.2) is 18.3 Å². The molecule has 0 aliphatic heterocycles. The molecule has 0 saturated heterocycles. The molecule has 0 saturated carbocycles. The maximum atomic E-state index is 13.3. The molecule has 6 nitrogen and oxygen atoms in total. The number of halogens is 2. The lowest BCUT2D eigenvalue weighted by molar-refractivity contribution is -0.119. The highest BCUT2D eigenvalue weighted by Gasteiger charge is 2.27. The van der Waals surface area contributed by atoms with E-state index in [0.29, 0.717) is 12.1 Å². The summed E-state index contributed by atoms with van der Waals surface area (Å²) in [5, 5.41) is 6.87. The van der Waals surface area contributed by atoms with Crippen molar-refractivity contribution in [3.8, 4) is 5.69 Å². The third kappa shape index (κ3) is 4.22. The lowest BCUT2D eigenvalue weighted by Crippen LogP contribution is -2.21. The second kappa shape index (κ2) is 8.44. The average Bonchev–Trinajstić information content (AvgIpc) is 3.12. The molecule has 1 amide bonds. The van der Waals surface area contributed by atoms with Crippen molar-refractivity contribution in [2.45, 2.75) is 25.7 Å². The molecule has 3 aromatic rings. The second-order valence-corrected chi connectivity index (χ2v) is 7.00. The van der Waals surface area contributed by atoms with Crippen LogP contribution in [0.15, 0.2) is 48.5 Å². The third-order valence-electron chi connectivity index (χ3n) is 4.89. The van der Waals surface area contributed by atoms with Crippen LogP contribution in [0.1, 0.15) is 34.6 Å². The molecular weight excluding hydrogens is 392 g/mol. The predicted molar refractivity (Wildman–Crippen MR) is 105 cm³/mol. The van der Waals surface area contributed by atoms with Gasteiger partial charge in [-0.1, -0.05) is 6.07 Å². The lowest BCUT2D eigenvalue weighted by atomic mass is 9.95. The van der Waals surface area contributed by atoms with Crippen molar-refractivity contribution in [2.24, 2.45) is 0 Å². The maximum Gasteiger partial charge on any atom is 0.359 e. The summed E-state index contributed by atoms with van der Waals surface area (Å²) in [6.45, 7) is -0.520. The van der Waals surface area contributed by atoms with Gasteiger partial charge in [-0.05, 0) is 68.1 Å². The van der Waals surface area contributed by atoms with E-state index in [4.69, 9.17) is 4.74 Å². The van der Waals surface area contributed by atoms with Crippen molar-refractivity contribution in [2.75, 3.05) is 11.9 Å². The number of carbonyl (C=O) groups is 2. The number of carbonyl (C=O) groups excluding carboxylic acids is 2. The van der Waals surface area contributed by atoms with Crippen LogP contribution >= 0.6 is 0 Å². The Kier molecular flexibility index (Phi) is 5.56. The quantitative estimate of drug-likeness (QED) is 0.648. The van der Waals surface area contributed by atoms with Crippen LogP contribution in [-0.4, -0.2) is 28.3 Å². The molecule has 0 unspecified atom stereocenters. The van der Waals surface area contributed by atoms with Crippen LogP contribution in [-0.2, 0) is 22.4 Å². The summed E-state index contributed by atoms with van der Waals surface area (Å²) in [6.07, 6.45) is 3.30. The largest absolute Gasteiger partial charge is 0.451 e. The van der Waals surface area contributed by atoms with Crippen molar-refractivity contribution in [1.29, 1.82) is 0 Å². The van der Waals surface area contributed by atoms with E-state index in [9.17, 15) is 18.4 Å². The van der Waals surface area contributed by atoms with E-state index in [2.05, 4.69) is 10.4 Å². The Hall–Kier alpha value is -3.55. The number of aromatic nitrogens is 2. The van der Waals surface area contributed by atoms with Crippen molar-refractivity contribution < 1.29 is 23.1 Å². The number of amides is 1. The Morgan fingerprint density at radius 3 is 2.57 bits per heavy atom. The molecule has 8 heteroatoms. The molecule has 154 valence electrons. The molecule has 0 radical (unpaired) electrons.